The third kappa shape index (κ3) is 4.84. The lowest BCUT2D eigenvalue weighted by Crippen LogP contribution is -2.53. The summed E-state index contributed by atoms with van der Waals surface area (Å²) in [5.41, 5.74) is 0.224. The highest BCUT2D eigenvalue weighted by molar-refractivity contribution is 7.89. The molecular formula is C23H30N2O4S. The van der Waals surface area contributed by atoms with E-state index in [9.17, 15) is 13.2 Å². The second-order valence-electron chi connectivity index (χ2n) is 7.64. The Hall–Kier alpha value is -2.38. The Labute approximate surface area is 179 Å². The quantitative estimate of drug-likeness (QED) is 0.646. The average Bonchev–Trinajstić information content (AvgIpc) is 2.79. The van der Waals surface area contributed by atoms with Crippen LogP contribution in [-0.2, 0) is 20.2 Å². The minimum Gasteiger partial charge on any atom is -0.492 e. The zero-order chi connectivity index (χ0) is 21.6. The highest BCUT2D eigenvalue weighted by Gasteiger charge is 2.45. The molecule has 0 aliphatic carbocycles. The number of rotatable bonds is 8. The van der Waals surface area contributed by atoms with E-state index in [1.807, 2.05) is 60.7 Å². The molecule has 0 bridgehead atoms. The van der Waals surface area contributed by atoms with Gasteiger partial charge in [-0.3, -0.25) is 4.79 Å². The van der Waals surface area contributed by atoms with Crippen LogP contribution < -0.4 is 4.74 Å². The van der Waals surface area contributed by atoms with Gasteiger partial charge in [0.2, 0.25) is 15.9 Å². The molecule has 3 rings (SSSR count). The fourth-order valence-corrected chi connectivity index (χ4v) is 5.10. The van der Waals surface area contributed by atoms with Crippen molar-refractivity contribution in [2.24, 2.45) is 0 Å². The van der Waals surface area contributed by atoms with Gasteiger partial charge in [-0.1, -0.05) is 48.5 Å². The first kappa shape index (κ1) is 22.3. The molecule has 2 aromatic rings. The number of ether oxygens (including phenoxy) is 1. The Balaban J connectivity index is 1.73. The third-order valence-electron chi connectivity index (χ3n) is 5.86. The van der Waals surface area contributed by atoms with Crippen LogP contribution in [-0.4, -0.2) is 62.6 Å². The molecule has 0 spiro atoms. The minimum absolute atomic E-state index is 0.0129. The van der Waals surface area contributed by atoms with Gasteiger partial charge in [-0.15, -0.1) is 0 Å². The zero-order valence-corrected chi connectivity index (χ0v) is 18.5. The number of likely N-dealkylation sites (N-methyl/N-ethyl adjacent to an activating group) is 1. The van der Waals surface area contributed by atoms with Crippen LogP contribution in [0.2, 0.25) is 0 Å². The average molecular weight is 431 g/mol. The predicted octanol–water partition coefficient (Wildman–Crippen LogP) is 2.91. The van der Waals surface area contributed by atoms with Crippen LogP contribution in [0.3, 0.4) is 0 Å². The molecule has 0 N–H and O–H groups in total. The molecule has 6 nitrogen and oxygen atoms in total. The van der Waals surface area contributed by atoms with Gasteiger partial charge < -0.3 is 9.64 Å². The first-order chi connectivity index (χ1) is 14.4. The maximum atomic E-state index is 13.6. The van der Waals surface area contributed by atoms with Crippen molar-refractivity contribution < 1.29 is 17.9 Å². The van der Waals surface area contributed by atoms with Crippen molar-refractivity contribution in [3.8, 4) is 5.75 Å². The number of amides is 1. The number of piperidine rings is 1. The Kier molecular flexibility index (Phi) is 7.15. The Morgan fingerprint density at radius 2 is 1.60 bits per heavy atom. The summed E-state index contributed by atoms with van der Waals surface area (Å²) in [6.07, 6.45) is 0.942. The number of benzene rings is 2. The standard InChI is InChI=1S/C23H30N2O4S/c1-3-30(27,28)25-16-14-23(15-17-25,20-10-6-4-7-11-20)22(26)24(2)18-19-29-21-12-8-5-9-13-21/h4-13H,3,14-19H2,1-2H3. The SMILES string of the molecule is CCS(=O)(=O)N1CCC(C(=O)N(C)CCOc2ccccc2)(c2ccccc2)CC1. The number of para-hydroxylation sites is 1. The molecule has 30 heavy (non-hydrogen) atoms. The monoisotopic (exact) mass is 430 g/mol. The smallest absolute Gasteiger partial charge is 0.233 e. The van der Waals surface area contributed by atoms with Crippen molar-refractivity contribution in [2.45, 2.75) is 25.2 Å². The highest BCUT2D eigenvalue weighted by Crippen LogP contribution is 2.38. The third-order valence-corrected chi connectivity index (χ3v) is 7.74. The lowest BCUT2D eigenvalue weighted by atomic mass is 9.72. The van der Waals surface area contributed by atoms with Gasteiger partial charge in [0.15, 0.2) is 0 Å². The van der Waals surface area contributed by atoms with Crippen LogP contribution in [0.5, 0.6) is 5.75 Å². The van der Waals surface area contributed by atoms with Crippen molar-refractivity contribution in [1.29, 1.82) is 0 Å². The summed E-state index contributed by atoms with van der Waals surface area (Å²) in [6, 6.07) is 19.2. The summed E-state index contributed by atoms with van der Waals surface area (Å²) in [4.78, 5) is 15.3. The normalized spacial score (nSPS) is 16.7. The summed E-state index contributed by atoms with van der Waals surface area (Å²) in [6.45, 7) is 3.21. The van der Waals surface area contributed by atoms with E-state index >= 15 is 0 Å². The van der Waals surface area contributed by atoms with E-state index in [1.165, 1.54) is 4.31 Å². The lowest BCUT2D eigenvalue weighted by Gasteiger charge is -2.42. The molecule has 1 aliphatic heterocycles. The van der Waals surface area contributed by atoms with Crippen LogP contribution in [0.25, 0.3) is 0 Å². The lowest BCUT2D eigenvalue weighted by molar-refractivity contribution is -0.138. The molecule has 7 heteroatoms. The number of carbonyl (C=O) groups is 1. The molecule has 1 saturated heterocycles. The molecule has 0 saturated carbocycles. The Morgan fingerprint density at radius 1 is 1.03 bits per heavy atom. The van der Waals surface area contributed by atoms with Crippen LogP contribution in [0.4, 0.5) is 0 Å². The summed E-state index contributed by atoms with van der Waals surface area (Å²) in [5, 5.41) is 0. The van der Waals surface area contributed by atoms with E-state index in [1.54, 1.807) is 18.9 Å². The fraction of sp³-hybridized carbons (Fsp3) is 0.435. The van der Waals surface area contributed by atoms with Crippen molar-refractivity contribution in [1.82, 2.24) is 9.21 Å². The number of sulfonamides is 1. The van der Waals surface area contributed by atoms with Gasteiger partial charge >= 0.3 is 0 Å². The summed E-state index contributed by atoms with van der Waals surface area (Å²) in [5.74, 6) is 0.865. The van der Waals surface area contributed by atoms with Crippen LogP contribution >= 0.6 is 0 Å². The molecule has 2 aromatic carbocycles. The number of carbonyl (C=O) groups excluding carboxylic acids is 1. The number of hydrogen-bond acceptors (Lipinski definition) is 4. The van der Waals surface area contributed by atoms with Gasteiger partial charge in [0.25, 0.3) is 0 Å². The van der Waals surface area contributed by atoms with Crippen molar-refractivity contribution in [3.05, 3.63) is 66.2 Å². The van der Waals surface area contributed by atoms with Gasteiger partial charge in [0.05, 0.1) is 17.7 Å². The van der Waals surface area contributed by atoms with Gasteiger partial charge in [-0.05, 0) is 37.5 Å². The molecule has 1 aliphatic rings. The number of hydrogen-bond donors (Lipinski definition) is 0. The van der Waals surface area contributed by atoms with Crippen molar-refractivity contribution >= 4 is 15.9 Å². The minimum atomic E-state index is -3.26. The van der Waals surface area contributed by atoms with Crippen LogP contribution in [0.15, 0.2) is 60.7 Å². The molecule has 1 fully saturated rings. The second-order valence-corrected chi connectivity index (χ2v) is 9.89. The van der Waals surface area contributed by atoms with E-state index in [2.05, 4.69) is 0 Å². The first-order valence-corrected chi connectivity index (χ1v) is 12.0. The molecule has 1 heterocycles. The summed E-state index contributed by atoms with van der Waals surface area (Å²) < 4.78 is 31.9. The van der Waals surface area contributed by atoms with Crippen LogP contribution in [0, 0.1) is 0 Å². The summed E-state index contributed by atoms with van der Waals surface area (Å²) in [7, 11) is -1.47. The molecule has 0 atom stereocenters. The van der Waals surface area contributed by atoms with Crippen molar-refractivity contribution in [3.63, 3.8) is 0 Å². The fourth-order valence-electron chi connectivity index (χ4n) is 4.00. The molecule has 0 aromatic heterocycles. The van der Waals surface area contributed by atoms with Gasteiger partial charge in [-0.25, -0.2) is 12.7 Å². The highest BCUT2D eigenvalue weighted by atomic mass is 32.2. The molecule has 162 valence electrons. The second kappa shape index (κ2) is 9.62. The zero-order valence-electron chi connectivity index (χ0n) is 17.7. The van der Waals surface area contributed by atoms with E-state index in [0.29, 0.717) is 39.1 Å². The molecular weight excluding hydrogens is 400 g/mol. The van der Waals surface area contributed by atoms with Crippen molar-refractivity contribution in [2.75, 3.05) is 39.0 Å². The maximum absolute atomic E-state index is 13.6. The topological polar surface area (TPSA) is 66.9 Å². The maximum Gasteiger partial charge on any atom is 0.233 e. The Morgan fingerprint density at radius 3 is 2.17 bits per heavy atom. The van der Waals surface area contributed by atoms with E-state index in [4.69, 9.17) is 4.74 Å². The number of nitrogens with zero attached hydrogens (tertiary/aromatic N) is 2. The van der Waals surface area contributed by atoms with Gasteiger partial charge in [-0.2, -0.15) is 0 Å². The molecule has 0 unspecified atom stereocenters. The van der Waals surface area contributed by atoms with E-state index in [-0.39, 0.29) is 11.7 Å². The Bertz CT molecular complexity index is 924. The van der Waals surface area contributed by atoms with E-state index in [0.717, 1.165) is 11.3 Å². The van der Waals surface area contributed by atoms with Gasteiger partial charge in [0.1, 0.15) is 12.4 Å². The largest absolute Gasteiger partial charge is 0.492 e. The van der Waals surface area contributed by atoms with Gasteiger partial charge in [0, 0.05) is 20.1 Å². The van der Waals surface area contributed by atoms with E-state index < -0.39 is 15.4 Å². The summed E-state index contributed by atoms with van der Waals surface area (Å²) >= 11 is 0. The van der Waals surface area contributed by atoms with Crippen LogP contribution in [0.1, 0.15) is 25.3 Å². The first-order valence-electron chi connectivity index (χ1n) is 10.4. The predicted molar refractivity (Wildman–Crippen MR) is 118 cm³/mol. The molecule has 1 amide bonds. The molecule has 0 radical (unpaired) electrons.